The van der Waals surface area contributed by atoms with Crippen LogP contribution in [-0.4, -0.2) is 22.9 Å². The van der Waals surface area contributed by atoms with Gasteiger partial charge in [0.05, 0.1) is 4.87 Å². The fraction of sp³-hybridized carbons (Fsp3) is 0.417. The van der Waals surface area contributed by atoms with Crippen molar-refractivity contribution >= 4 is 29.3 Å². The third kappa shape index (κ3) is 2.63. The van der Waals surface area contributed by atoms with E-state index < -0.39 is 22.7 Å². The molecule has 0 aromatic heterocycles. The van der Waals surface area contributed by atoms with Crippen molar-refractivity contribution in [2.75, 3.05) is 5.75 Å². The summed E-state index contributed by atoms with van der Waals surface area (Å²) in [5.41, 5.74) is 0.710. The van der Waals surface area contributed by atoms with Crippen LogP contribution in [0.3, 0.4) is 0 Å². The fourth-order valence-corrected chi connectivity index (χ4v) is 3.78. The largest absolute Gasteiger partial charge is 0.480 e. The highest BCUT2D eigenvalue weighted by molar-refractivity contribution is 8.00. The lowest BCUT2D eigenvalue weighted by Crippen LogP contribution is -2.51. The first-order valence-electron chi connectivity index (χ1n) is 5.52. The molecular formula is C12H13ClFNO2S. The lowest BCUT2D eigenvalue weighted by Gasteiger charge is -2.38. The van der Waals surface area contributed by atoms with Gasteiger partial charge in [0.2, 0.25) is 0 Å². The Kier molecular flexibility index (Phi) is 3.84. The van der Waals surface area contributed by atoms with Crippen LogP contribution in [0.1, 0.15) is 18.9 Å². The number of aliphatic carboxylic acids is 1. The average molecular weight is 290 g/mol. The number of carbonyl (C=O) groups is 1. The molecule has 1 fully saturated rings. The van der Waals surface area contributed by atoms with Crippen molar-refractivity contribution in [3.8, 4) is 0 Å². The number of hydrogen-bond acceptors (Lipinski definition) is 3. The van der Waals surface area contributed by atoms with Crippen LogP contribution in [0.5, 0.6) is 0 Å². The van der Waals surface area contributed by atoms with Gasteiger partial charge < -0.3 is 5.11 Å². The van der Waals surface area contributed by atoms with Gasteiger partial charge in [0.1, 0.15) is 11.9 Å². The predicted molar refractivity (Wildman–Crippen MR) is 70.4 cm³/mol. The van der Waals surface area contributed by atoms with Crippen LogP contribution < -0.4 is 5.32 Å². The van der Waals surface area contributed by atoms with Crippen molar-refractivity contribution in [2.45, 2.75) is 24.3 Å². The second kappa shape index (κ2) is 5.07. The third-order valence-electron chi connectivity index (χ3n) is 2.99. The lowest BCUT2D eigenvalue weighted by atomic mass is 10.0. The maximum absolute atomic E-state index is 13.0. The van der Waals surface area contributed by atoms with Crippen LogP contribution in [0.2, 0.25) is 5.02 Å². The van der Waals surface area contributed by atoms with Gasteiger partial charge in [-0.05, 0) is 31.2 Å². The summed E-state index contributed by atoms with van der Waals surface area (Å²) >= 11 is 7.62. The zero-order valence-corrected chi connectivity index (χ0v) is 11.3. The normalized spacial score (nSPS) is 28.1. The van der Waals surface area contributed by atoms with Crippen LogP contribution in [0.25, 0.3) is 0 Å². The number of hydrogen-bond donors (Lipinski definition) is 2. The van der Waals surface area contributed by atoms with E-state index in [4.69, 9.17) is 16.7 Å². The summed E-state index contributed by atoms with van der Waals surface area (Å²) in [6.07, 6.45) is 0.564. The van der Waals surface area contributed by atoms with Crippen LogP contribution in [0, 0.1) is 5.82 Å². The zero-order chi connectivity index (χ0) is 13.3. The molecule has 98 valence electrons. The molecule has 6 heteroatoms. The maximum Gasteiger partial charge on any atom is 0.320 e. The van der Waals surface area contributed by atoms with Gasteiger partial charge in [0.25, 0.3) is 0 Å². The SMILES string of the molecule is CC1(c2ccc(F)cc2Cl)NC(C(=O)O)CCS1. The summed E-state index contributed by atoms with van der Waals surface area (Å²) in [7, 11) is 0. The van der Waals surface area contributed by atoms with E-state index in [1.807, 2.05) is 6.92 Å². The molecular weight excluding hydrogens is 277 g/mol. The quantitative estimate of drug-likeness (QED) is 0.879. The van der Waals surface area contributed by atoms with Crippen molar-refractivity contribution in [2.24, 2.45) is 0 Å². The number of nitrogens with one attached hydrogen (secondary N) is 1. The summed E-state index contributed by atoms with van der Waals surface area (Å²) in [5, 5.41) is 12.4. The summed E-state index contributed by atoms with van der Waals surface area (Å²) in [5.74, 6) is -0.559. The molecule has 0 spiro atoms. The smallest absolute Gasteiger partial charge is 0.320 e. The van der Waals surface area contributed by atoms with Gasteiger partial charge in [-0.25, -0.2) is 4.39 Å². The lowest BCUT2D eigenvalue weighted by molar-refractivity contribution is -0.140. The second-order valence-electron chi connectivity index (χ2n) is 4.33. The molecule has 0 radical (unpaired) electrons. The number of carboxylic acid groups (broad SMARTS) is 1. The van der Waals surface area contributed by atoms with Crippen LogP contribution in [0.4, 0.5) is 4.39 Å². The van der Waals surface area contributed by atoms with Crippen molar-refractivity contribution in [3.63, 3.8) is 0 Å². The number of carboxylic acids is 1. The molecule has 1 aromatic rings. The fourth-order valence-electron chi connectivity index (χ4n) is 2.04. The molecule has 2 rings (SSSR count). The molecule has 2 atom stereocenters. The molecule has 1 heterocycles. The molecule has 1 aliphatic rings. The summed E-state index contributed by atoms with van der Waals surface area (Å²) in [6, 6.07) is 3.58. The van der Waals surface area contributed by atoms with Crippen molar-refractivity contribution in [1.82, 2.24) is 5.32 Å². The van der Waals surface area contributed by atoms with Gasteiger partial charge in [-0.3, -0.25) is 10.1 Å². The molecule has 2 N–H and O–H groups in total. The number of thioether (sulfide) groups is 1. The van der Waals surface area contributed by atoms with E-state index in [1.54, 1.807) is 17.8 Å². The maximum atomic E-state index is 13.0. The molecule has 3 nitrogen and oxygen atoms in total. The Morgan fingerprint density at radius 3 is 3.00 bits per heavy atom. The Hall–Kier alpha value is -0.780. The Labute approximate surface area is 114 Å². The third-order valence-corrected chi connectivity index (χ3v) is 4.66. The van der Waals surface area contributed by atoms with E-state index in [0.29, 0.717) is 22.8 Å². The molecule has 0 bridgehead atoms. The molecule has 0 aliphatic carbocycles. The first-order valence-corrected chi connectivity index (χ1v) is 6.89. The molecule has 1 aliphatic heterocycles. The van der Waals surface area contributed by atoms with E-state index in [2.05, 4.69) is 5.32 Å². The van der Waals surface area contributed by atoms with Gasteiger partial charge in [0, 0.05) is 10.6 Å². The van der Waals surface area contributed by atoms with Gasteiger partial charge in [-0.1, -0.05) is 17.7 Å². The van der Waals surface area contributed by atoms with Gasteiger partial charge in [-0.15, -0.1) is 11.8 Å². The minimum Gasteiger partial charge on any atom is -0.480 e. The highest BCUT2D eigenvalue weighted by Gasteiger charge is 2.37. The Bertz CT molecular complexity index is 485. The number of halogens is 2. The standard InChI is InChI=1S/C12H13ClFNO2S/c1-12(8-3-2-7(14)6-9(8)13)15-10(11(16)17)4-5-18-12/h2-3,6,10,15H,4-5H2,1H3,(H,16,17). The molecule has 18 heavy (non-hydrogen) atoms. The molecule has 0 saturated carbocycles. The summed E-state index contributed by atoms with van der Waals surface area (Å²) < 4.78 is 13.0. The van der Waals surface area contributed by atoms with Crippen LogP contribution in [0.15, 0.2) is 18.2 Å². The van der Waals surface area contributed by atoms with E-state index in [1.165, 1.54) is 12.1 Å². The summed E-state index contributed by atoms with van der Waals surface area (Å²) in [4.78, 5) is 10.4. The van der Waals surface area contributed by atoms with Crippen molar-refractivity contribution in [1.29, 1.82) is 0 Å². The monoisotopic (exact) mass is 289 g/mol. The molecule has 1 saturated heterocycles. The number of rotatable bonds is 2. The van der Waals surface area contributed by atoms with Gasteiger partial charge in [0.15, 0.2) is 0 Å². The topological polar surface area (TPSA) is 49.3 Å². The first kappa shape index (κ1) is 13.6. The molecule has 1 aromatic carbocycles. The highest BCUT2D eigenvalue weighted by atomic mass is 35.5. The molecule has 2 unspecified atom stereocenters. The first-order chi connectivity index (χ1) is 8.42. The molecule has 0 amide bonds. The average Bonchev–Trinajstić information content (AvgIpc) is 2.28. The minimum atomic E-state index is -0.875. The summed E-state index contributed by atoms with van der Waals surface area (Å²) in [6.45, 7) is 1.87. The minimum absolute atomic E-state index is 0.309. The Morgan fingerprint density at radius 2 is 2.39 bits per heavy atom. The van der Waals surface area contributed by atoms with Gasteiger partial charge >= 0.3 is 5.97 Å². The van der Waals surface area contributed by atoms with E-state index in [0.717, 1.165) is 0 Å². The van der Waals surface area contributed by atoms with Crippen molar-refractivity contribution < 1.29 is 14.3 Å². The van der Waals surface area contributed by atoms with Crippen LogP contribution in [-0.2, 0) is 9.67 Å². The zero-order valence-electron chi connectivity index (χ0n) is 9.74. The predicted octanol–water partition coefficient (Wildman–Crippen LogP) is 2.83. The Morgan fingerprint density at radius 1 is 1.67 bits per heavy atom. The van der Waals surface area contributed by atoms with E-state index in [9.17, 15) is 9.18 Å². The van der Waals surface area contributed by atoms with E-state index in [-0.39, 0.29) is 0 Å². The van der Waals surface area contributed by atoms with Crippen LogP contribution >= 0.6 is 23.4 Å². The second-order valence-corrected chi connectivity index (χ2v) is 6.25. The van der Waals surface area contributed by atoms with Gasteiger partial charge in [-0.2, -0.15) is 0 Å². The number of benzene rings is 1. The van der Waals surface area contributed by atoms with E-state index >= 15 is 0 Å². The Balaban J connectivity index is 2.32. The highest BCUT2D eigenvalue weighted by Crippen LogP contribution is 2.41. The van der Waals surface area contributed by atoms with Crippen molar-refractivity contribution in [3.05, 3.63) is 34.6 Å².